The Morgan fingerprint density at radius 1 is 0.480 bits per heavy atom. The predicted molar refractivity (Wildman–Crippen MR) is 363 cm³/mol. The fourth-order valence-corrected chi connectivity index (χ4v) is 11.0. The Morgan fingerprint density at radius 2 is 0.870 bits per heavy atom. The number of benzene rings is 4. The van der Waals surface area contributed by atoms with Crippen LogP contribution in [0.2, 0.25) is 0 Å². The summed E-state index contributed by atoms with van der Waals surface area (Å²) in [5.74, 6) is -5.25. The van der Waals surface area contributed by atoms with Crippen LogP contribution in [0.25, 0.3) is 22.6 Å². The van der Waals surface area contributed by atoms with E-state index in [-0.39, 0.29) is 96.2 Å². The molecule has 0 radical (unpaired) electrons. The first-order chi connectivity index (χ1) is 48.4. The van der Waals surface area contributed by atoms with E-state index in [1.54, 1.807) is 64.1 Å². The van der Waals surface area contributed by atoms with Crippen molar-refractivity contribution in [2.75, 3.05) is 54.2 Å². The van der Waals surface area contributed by atoms with E-state index in [1.807, 2.05) is 13.8 Å². The van der Waals surface area contributed by atoms with Gasteiger partial charge >= 0.3 is 20.2 Å². The SMILES string of the molecule is CCCCC[C@@H](C(=O)NCNC(=O)c1ccc(-c2ccc(C(=O)NCO[PH](=O)OCNC(=O)c3ccc(-c4ccc(C(=O)NCNC(=O)[C@H](CCCCC)[C@@H](CC)N(C=O)OC(=O)c5ccc(OC)cc5)o4)cc3OCC)c(OCC)c2)o1)[C@@H](CC)N(C=O)OC(=O)c1ccc(OC)cc1. The van der Waals surface area contributed by atoms with Crippen LogP contribution in [0, 0.1) is 11.8 Å². The quantitative estimate of drug-likeness (QED) is 0.00681. The molecule has 0 spiro atoms. The summed E-state index contributed by atoms with van der Waals surface area (Å²) in [4.78, 5) is 142. The lowest BCUT2D eigenvalue weighted by molar-refractivity contribution is -0.171. The highest BCUT2D eigenvalue weighted by Gasteiger charge is 2.36. The first kappa shape index (κ1) is 78.5. The monoisotopic (exact) mass is 1410 g/mol. The zero-order valence-electron chi connectivity index (χ0n) is 57.1. The maximum absolute atomic E-state index is 13.7. The van der Waals surface area contributed by atoms with Gasteiger partial charge in [-0.15, -0.1) is 0 Å². The largest absolute Gasteiger partial charge is 0.497 e. The standard InChI is InChI=1S/C70H87N8O21P/c1-9-15-17-19-51(55(11-3)77(43-79)98-69(87)45-21-27-49(90-7)28-22-45)63(81)71-39-73-67(85)59-35-33-57(96-59)47-25-31-53(61(37-47)92-13-5)65(83)75-41-94-100(89)95-42-76-66(84)54-32-26-48(38-62(54)93-14-6)58-34-36-60(97-58)68(86)74-40-72-64(82)52(20-18-16-10-2)56(12-4)78(44-80)99-70(88)46-23-29-50(91-8)30-24-46/h21-38,43-44,51-52,55-56,100H,9-20,39-42H2,1-8H3,(H,71,81)(H,72,82)(H,73,85)(H,74,86)(H,75,83)(H,76,84)/t51-,52-,55-,56-/m1/s1. The molecule has 6 rings (SSSR count). The van der Waals surface area contributed by atoms with Crippen LogP contribution in [-0.4, -0.2) is 137 Å². The number of hydrogen-bond acceptors (Lipinski definition) is 21. The van der Waals surface area contributed by atoms with Gasteiger partial charge in [0.2, 0.25) is 24.6 Å². The minimum atomic E-state index is -3.29. The number of carbonyl (C=O) groups excluding carboxylic acids is 10. The number of hydroxylamine groups is 4. The molecule has 538 valence electrons. The van der Waals surface area contributed by atoms with Crippen molar-refractivity contribution in [3.05, 3.63) is 143 Å². The number of ether oxygens (including phenoxy) is 4. The van der Waals surface area contributed by atoms with E-state index in [0.29, 0.717) is 61.1 Å². The van der Waals surface area contributed by atoms with Crippen LogP contribution < -0.4 is 50.8 Å². The molecule has 2 aromatic heterocycles. The van der Waals surface area contributed by atoms with E-state index in [9.17, 15) is 52.5 Å². The molecule has 0 bridgehead atoms. The van der Waals surface area contributed by atoms with Gasteiger partial charge in [0, 0.05) is 11.1 Å². The summed E-state index contributed by atoms with van der Waals surface area (Å²) in [6, 6.07) is 25.6. The second kappa shape index (κ2) is 41.0. The molecule has 2 heterocycles. The Bertz CT molecular complexity index is 3490. The third-order valence-electron chi connectivity index (χ3n) is 15.7. The summed E-state index contributed by atoms with van der Waals surface area (Å²) in [5.41, 5.74) is 1.35. The smallest absolute Gasteiger partial charge is 0.363 e. The fourth-order valence-electron chi connectivity index (χ4n) is 10.5. The molecule has 0 saturated carbocycles. The summed E-state index contributed by atoms with van der Waals surface area (Å²) in [6.45, 7) is 9.52. The summed E-state index contributed by atoms with van der Waals surface area (Å²) in [6.07, 6.45) is 6.63. The first-order valence-electron chi connectivity index (χ1n) is 32.8. The molecule has 8 amide bonds. The van der Waals surface area contributed by atoms with Gasteiger partial charge in [0.1, 0.15) is 48.0 Å². The van der Waals surface area contributed by atoms with Crippen molar-refractivity contribution >= 4 is 68.5 Å². The molecule has 29 nitrogen and oxygen atoms in total. The van der Waals surface area contributed by atoms with Crippen LogP contribution >= 0.6 is 8.25 Å². The van der Waals surface area contributed by atoms with Crippen molar-refractivity contribution in [2.24, 2.45) is 11.8 Å². The van der Waals surface area contributed by atoms with Gasteiger partial charge in [-0.2, -0.15) is 10.1 Å². The Labute approximate surface area is 579 Å². The Kier molecular flexibility index (Phi) is 32.2. The Morgan fingerprint density at radius 3 is 1.21 bits per heavy atom. The third-order valence-corrected chi connectivity index (χ3v) is 16.5. The number of carbonyl (C=O) groups is 10. The van der Waals surface area contributed by atoms with E-state index >= 15 is 0 Å². The Balaban J connectivity index is 0.955. The average Bonchev–Trinajstić information content (AvgIpc) is 1.11. The van der Waals surface area contributed by atoms with Crippen LogP contribution in [0.15, 0.2) is 118 Å². The summed E-state index contributed by atoms with van der Waals surface area (Å²) in [5, 5.41) is 17.3. The predicted octanol–water partition coefficient (Wildman–Crippen LogP) is 9.54. The molecule has 4 aromatic carbocycles. The second-order valence-electron chi connectivity index (χ2n) is 22.2. The van der Waals surface area contributed by atoms with Crippen LogP contribution in [0.5, 0.6) is 23.0 Å². The minimum absolute atomic E-state index is 0.0734. The van der Waals surface area contributed by atoms with E-state index < -0.39 is 93.0 Å². The van der Waals surface area contributed by atoms with Crippen molar-refractivity contribution in [3.63, 3.8) is 0 Å². The molecule has 0 aliphatic carbocycles. The highest BCUT2D eigenvalue weighted by Crippen LogP contribution is 2.33. The number of amides is 8. The molecule has 0 saturated heterocycles. The van der Waals surface area contributed by atoms with Gasteiger partial charge in [-0.25, -0.2) is 9.59 Å². The Hall–Kier alpha value is -10.5. The summed E-state index contributed by atoms with van der Waals surface area (Å²) < 4.78 is 56.7. The van der Waals surface area contributed by atoms with Crippen molar-refractivity contribution in [1.82, 2.24) is 42.0 Å². The van der Waals surface area contributed by atoms with Crippen LogP contribution in [0.4, 0.5) is 0 Å². The maximum atomic E-state index is 13.7. The van der Waals surface area contributed by atoms with Crippen molar-refractivity contribution in [3.8, 4) is 45.6 Å². The van der Waals surface area contributed by atoms with Crippen molar-refractivity contribution in [1.29, 1.82) is 0 Å². The van der Waals surface area contributed by atoms with Gasteiger partial charge in [0.05, 0.1) is 86.9 Å². The van der Waals surface area contributed by atoms with Crippen LogP contribution in [0.1, 0.15) is 168 Å². The van der Waals surface area contributed by atoms with E-state index in [2.05, 4.69) is 31.9 Å². The number of nitrogens with one attached hydrogen (secondary N) is 6. The molecule has 4 atom stereocenters. The van der Waals surface area contributed by atoms with E-state index in [1.165, 1.54) is 87.0 Å². The molecule has 0 aliphatic heterocycles. The lowest BCUT2D eigenvalue weighted by atomic mass is 9.90. The normalized spacial score (nSPS) is 12.1. The minimum Gasteiger partial charge on any atom is -0.497 e. The van der Waals surface area contributed by atoms with Gasteiger partial charge < -0.3 is 69.4 Å². The molecule has 0 aliphatic rings. The average molecular weight is 1410 g/mol. The summed E-state index contributed by atoms with van der Waals surface area (Å²) in [7, 11) is -0.324. The van der Waals surface area contributed by atoms with Crippen LogP contribution in [0.3, 0.4) is 0 Å². The zero-order valence-corrected chi connectivity index (χ0v) is 58.1. The van der Waals surface area contributed by atoms with Gasteiger partial charge in [0.15, 0.2) is 11.5 Å². The fraction of sp³-hybridized carbons (Fsp3) is 0.400. The number of unbranched alkanes of at least 4 members (excludes halogenated alkanes) is 4. The number of rotatable bonds is 44. The summed E-state index contributed by atoms with van der Waals surface area (Å²) >= 11 is 0. The molecule has 100 heavy (non-hydrogen) atoms. The van der Waals surface area contributed by atoms with Gasteiger partial charge in [-0.3, -0.25) is 52.0 Å². The molecule has 6 N–H and O–H groups in total. The van der Waals surface area contributed by atoms with E-state index in [0.717, 1.165) is 35.8 Å². The number of methoxy groups -OCH3 is 2. The lowest BCUT2D eigenvalue weighted by Crippen LogP contribution is -2.49. The molecular formula is C70H87N8O21P. The number of nitrogens with zero attached hydrogens (tertiary/aromatic N) is 2. The highest BCUT2D eigenvalue weighted by molar-refractivity contribution is 7.33. The number of hydrogen-bond donors (Lipinski definition) is 6. The molecule has 30 heteroatoms. The number of furan rings is 2. The second-order valence-corrected chi connectivity index (χ2v) is 23.3. The van der Waals surface area contributed by atoms with E-state index in [4.69, 9.17) is 46.5 Å². The van der Waals surface area contributed by atoms with Crippen molar-refractivity contribution in [2.45, 2.75) is 118 Å². The van der Waals surface area contributed by atoms with Crippen LogP contribution in [-0.2, 0) is 42.5 Å². The molecule has 0 unspecified atom stereocenters. The van der Waals surface area contributed by atoms with Gasteiger partial charge in [-0.1, -0.05) is 78.4 Å². The zero-order chi connectivity index (χ0) is 72.5. The topological polar surface area (TPSA) is 367 Å². The van der Waals surface area contributed by atoms with Gasteiger partial charge in [0.25, 0.3) is 23.6 Å². The van der Waals surface area contributed by atoms with Crippen molar-refractivity contribution < 1.29 is 99.0 Å². The highest BCUT2D eigenvalue weighted by atomic mass is 31.1. The maximum Gasteiger partial charge on any atom is 0.363 e. The first-order valence-corrected chi connectivity index (χ1v) is 34.0. The third kappa shape index (κ3) is 22.8. The molecular weight excluding hydrogens is 1320 g/mol. The molecule has 0 fully saturated rings. The lowest BCUT2D eigenvalue weighted by Gasteiger charge is -2.31. The molecule has 6 aromatic rings. The van der Waals surface area contributed by atoms with Gasteiger partial charge in [-0.05, 0) is 137 Å².